The number of rotatable bonds is 3. The summed E-state index contributed by atoms with van der Waals surface area (Å²) in [7, 11) is 0. The molecule has 0 fully saturated rings. The van der Waals surface area contributed by atoms with Gasteiger partial charge >= 0.3 is 0 Å². The van der Waals surface area contributed by atoms with Gasteiger partial charge in [-0.05, 0) is 35.5 Å². The zero-order valence-electron chi connectivity index (χ0n) is 10.8. The van der Waals surface area contributed by atoms with E-state index in [1.54, 1.807) is 10.7 Å². The smallest absolute Gasteiger partial charge is 0.267 e. The highest BCUT2D eigenvalue weighted by molar-refractivity contribution is 5.30. The molecule has 0 atom stereocenters. The van der Waals surface area contributed by atoms with Crippen LogP contribution in [-0.4, -0.2) is 30.0 Å². The van der Waals surface area contributed by atoms with E-state index in [2.05, 4.69) is 20.6 Å². The summed E-state index contributed by atoms with van der Waals surface area (Å²) in [5.41, 5.74) is 1.43. The normalized spacial score (nSPS) is 10.7. The average molecular weight is 268 g/mol. The number of para-hydroxylation sites is 1. The van der Waals surface area contributed by atoms with Gasteiger partial charge in [0.1, 0.15) is 6.54 Å². The van der Waals surface area contributed by atoms with E-state index < -0.39 is 0 Å². The highest BCUT2D eigenvalue weighted by atomic mass is 16.1. The summed E-state index contributed by atoms with van der Waals surface area (Å²) in [5.74, 6) is 0.552. The summed E-state index contributed by atoms with van der Waals surface area (Å²) in [6, 6.07) is 12.7. The first kappa shape index (κ1) is 12.2. The molecule has 1 aromatic carbocycles. The number of hydrogen-bond donors (Lipinski definition) is 0. The van der Waals surface area contributed by atoms with E-state index in [-0.39, 0.29) is 12.1 Å². The van der Waals surface area contributed by atoms with Crippen LogP contribution in [0.1, 0.15) is 11.5 Å². The molecule has 2 aromatic heterocycles. The molecular weight excluding hydrogens is 256 g/mol. The van der Waals surface area contributed by atoms with Crippen molar-refractivity contribution in [2.45, 2.75) is 13.5 Å². The van der Waals surface area contributed by atoms with Crippen LogP contribution in [0, 0.1) is 6.92 Å². The van der Waals surface area contributed by atoms with Gasteiger partial charge in [0.05, 0.1) is 11.4 Å². The molecule has 100 valence electrons. The van der Waals surface area contributed by atoms with Crippen molar-refractivity contribution < 1.29 is 0 Å². The SMILES string of the molecule is Cc1ccc(=O)n(Cc2nnnn2-c2ccccc2)n1. The monoisotopic (exact) mass is 268 g/mol. The van der Waals surface area contributed by atoms with Crippen LogP contribution < -0.4 is 5.56 Å². The lowest BCUT2D eigenvalue weighted by Crippen LogP contribution is -2.24. The minimum absolute atomic E-state index is 0.182. The van der Waals surface area contributed by atoms with Gasteiger partial charge in [-0.1, -0.05) is 18.2 Å². The average Bonchev–Trinajstić information content (AvgIpc) is 2.92. The molecule has 0 N–H and O–H groups in total. The summed E-state index contributed by atoms with van der Waals surface area (Å²) < 4.78 is 2.94. The van der Waals surface area contributed by atoms with E-state index in [4.69, 9.17) is 0 Å². The molecule has 0 aliphatic carbocycles. The van der Waals surface area contributed by atoms with E-state index in [0.29, 0.717) is 5.82 Å². The van der Waals surface area contributed by atoms with Gasteiger partial charge in [-0.15, -0.1) is 5.10 Å². The number of hydrogen-bond acceptors (Lipinski definition) is 5. The van der Waals surface area contributed by atoms with Gasteiger partial charge in [-0.25, -0.2) is 4.68 Å². The van der Waals surface area contributed by atoms with E-state index in [9.17, 15) is 4.79 Å². The zero-order chi connectivity index (χ0) is 13.9. The van der Waals surface area contributed by atoms with Crippen molar-refractivity contribution in [3.63, 3.8) is 0 Å². The van der Waals surface area contributed by atoms with Crippen molar-refractivity contribution in [2.75, 3.05) is 0 Å². The molecule has 3 aromatic rings. The molecular formula is C13H12N6O. The molecule has 2 heterocycles. The lowest BCUT2D eigenvalue weighted by atomic mass is 10.3. The fourth-order valence-electron chi connectivity index (χ4n) is 1.87. The number of benzene rings is 1. The van der Waals surface area contributed by atoms with E-state index >= 15 is 0 Å². The number of aromatic nitrogens is 6. The van der Waals surface area contributed by atoms with E-state index in [0.717, 1.165) is 11.4 Å². The van der Waals surface area contributed by atoms with Crippen LogP contribution in [0.15, 0.2) is 47.3 Å². The summed E-state index contributed by atoms with van der Waals surface area (Å²) in [6.07, 6.45) is 0. The van der Waals surface area contributed by atoms with Crippen LogP contribution in [0.4, 0.5) is 0 Å². The highest BCUT2D eigenvalue weighted by Crippen LogP contribution is 2.07. The summed E-state index contributed by atoms with van der Waals surface area (Å²) in [6.45, 7) is 2.05. The molecule has 7 heteroatoms. The Morgan fingerprint density at radius 2 is 1.90 bits per heavy atom. The van der Waals surface area contributed by atoms with Gasteiger partial charge in [0.2, 0.25) is 0 Å². The molecule has 0 amide bonds. The molecule has 3 rings (SSSR count). The Balaban J connectivity index is 1.99. The van der Waals surface area contributed by atoms with E-state index in [1.807, 2.05) is 37.3 Å². The second-order valence-electron chi connectivity index (χ2n) is 4.31. The quantitative estimate of drug-likeness (QED) is 0.694. The molecule has 0 aliphatic rings. The minimum Gasteiger partial charge on any atom is -0.268 e. The van der Waals surface area contributed by atoms with Crippen LogP contribution in [0.3, 0.4) is 0 Å². The van der Waals surface area contributed by atoms with Gasteiger partial charge in [0.25, 0.3) is 5.56 Å². The first-order chi connectivity index (χ1) is 9.74. The molecule has 0 aliphatic heterocycles. The van der Waals surface area contributed by atoms with Gasteiger partial charge in [-0.2, -0.15) is 9.78 Å². The van der Waals surface area contributed by atoms with Gasteiger partial charge in [-0.3, -0.25) is 4.79 Å². The van der Waals surface area contributed by atoms with Crippen LogP contribution in [0.2, 0.25) is 0 Å². The topological polar surface area (TPSA) is 78.5 Å². The Hall–Kier alpha value is -2.83. The molecule has 0 unspecified atom stereocenters. The van der Waals surface area contributed by atoms with Gasteiger partial charge in [0, 0.05) is 6.07 Å². The lowest BCUT2D eigenvalue weighted by Gasteiger charge is -2.06. The first-order valence-electron chi connectivity index (χ1n) is 6.11. The van der Waals surface area contributed by atoms with Crippen LogP contribution in [0.5, 0.6) is 0 Å². The van der Waals surface area contributed by atoms with E-state index in [1.165, 1.54) is 10.7 Å². The van der Waals surface area contributed by atoms with Crippen LogP contribution in [-0.2, 0) is 6.54 Å². The van der Waals surface area contributed by atoms with Crippen molar-refractivity contribution in [3.05, 3.63) is 64.3 Å². The molecule has 0 spiro atoms. The van der Waals surface area contributed by atoms with Gasteiger partial charge < -0.3 is 0 Å². The predicted octanol–water partition coefficient (Wildman–Crippen LogP) is 0.576. The van der Waals surface area contributed by atoms with Crippen molar-refractivity contribution >= 4 is 0 Å². The molecule has 0 saturated carbocycles. The van der Waals surface area contributed by atoms with Crippen molar-refractivity contribution in [3.8, 4) is 5.69 Å². The second-order valence-corrected chi connectivity index (χ2v) is 4.31. The Morgan fingerprint density at radius 1 is 1.10 bits per heavy atom. The number of tetrazole rings is 1. The first-order valence-corrected chi connectivity index (χ1v) is 6.11. The molecule has 0 saturated heterocycles. The van der Waals surface area contributed by atoms with Crippen molar-refractivity contribution in [1.29, 1.82) is 0 Å². The van der Waals surface area contributed by atoms with Crippen molar-refractivity contribution in [1.82, 2.24) is 30.0 Å². The summed E-state index contributed by atoms with van der Waals surface area (Å²) >= 11 is 0. The summed E-state index contributed by atoms with van der Waals surface area (Å²) in [4.78, 5) is 11.8. The number of nitrogens with zero attached hydrogens (tertiary/aromatic N) is 6. The van der Waals surface area contributed by atoms with Gasteiger partial charge in [0.15, 0.2) is 5.82 Å². The Bertz CT molecular complexity index is 777. The highest BCUT2D eigenvalue weighted by Gasteiger charge is 2.10. The maximum Gasteiger partial charge on any atom is 0.267 e. The Kier molecular flexibility index (Phi) is 3.08. The number of aryl methyl sites for hydroxylation is 1. The standard InChI is InChI=1S/C13H12N6O/c1-10-7-8-13(20)18(15-10)9-12-14-16-17-19(12)11-5-3-2-4-6-11/h2-8H,9H2,1H3. The Morgan fingerprint density at radius 3 is 2.70 bits per heavy atom. The molecule has 7 nitrogen and oxygen atoms in total. The lowest BCUT2D eigenvalue weighted by molar-refractivity contribution is 0.592. The van der Waals surface area contributed by atoms with Crippen molar-refractivity contribution in [2.24, 2.45) is 0 Å². The largest absolute Gasteiger partial charge is 0.268 e. The second kappa shape index (κ2) is 5.04. The van der Waals surface area contributed by atoms with Crippen LogP contribution in [0.25, 0.3) is 5.69 Å². The minimum atomic E-state index is -0.182. The third-order valence-corrected chi connectivity index (χ3v) is 2.83. The summed E-state index contributed by atoms with van der Waals surface area (Å²) in [5, 5.41) is 15.8. The van der Waals surface area contributed by atoms with Crippen LogP contribution >= 0.6 is 0 Å². The molecule has 0 bridgehead atoms. The maximum atomic E-state index is 11.8. The Labute approximate surface area is 114 Å². The predicted molar refractivity (Wildman–Crippen MR) is 71.5 cm³/mol. The third-order valence-electron chi connectivity index (χ3n) is 2.83. The maximum absolute atomic E-state index is 11.8. The zero-order valence-corrected chi connectivity index (χ0v) is 10.8. The molecule has 20 heavy (non-hydrogen) atoms. The fraction of sp³-hybridized carbons (Fsp3) is 0.154. The molecule has 0 radical (unpaired) electrons. The third kappa shape index (κ3) is 2.33. The fourth-order valence-corrected chi connectivity index (χ4v) is 1.87.